The molecule has 0 radical (unpaired) electrons. The Labute approximate surface area is 112 Å². The predicted molar refractivity (Wildman–Crippen MR) is 74.0 cm³/mol. The molecule has 2 nitrogen and oxygen atoms in total. The van der Waals surface area contributed by atoms with Crippen molar-refractivity contribution in [2.24, 2.45) is 5.92 Å². The molecule has 1 aromatic heterocycles. The average molecular weight is 300 g/mol. The van der Waals surface area contributed by atoms with Crippen LogP contribution in [0.3, 0.4) is 0 Å². The van der Waals surface area contributed by atoms with E-state index < -0.39 is 0 Å². The monoisotopic (exact) mass is 299 g/mol. The summed E-state index contributed by atoms with van der Waals surface area (Å²) in [6.07, 6.45) is 8.49. The van der Waals surface area contributed by atoms with Crippen LogP contribution in [0.1, 0.15) is 57.3 Å². The maximum Gasteiger partial charge on any atom is 0.169 e. The molecule has 3 heteroatoms. The van der Waals surface area contributed by atoms with E-state index in [9.17, 15) is 0 Å². The van der Waals surface area contributed by atoms with Crippen LogP contribution in [0, 0.1) is 5.92 Å². The van der Waals surface area contributed by atoms with Gasteiger partial charge >= 0.3 is 0 Å². The Morgan fingerprint density at radius 2 is 2.12 bits per heavy atom. The predicted octanol–water partition coefficient (Wildman–Crippen LogP) is 4.66. The molecule has 1 aliphatic carbocycles. The van der Waals surface area contributed by atoms with Gasteiger partial charge in [-0.3, -0.25) is 0 Å². The highest BCUT2D eigenvalue weighted by Gasteiger charge is 2.14. The van der Waals surface area contributed by atoms with Crippen LogP contribution in [0.4, 0.5) is 0 Å². The summed E-state index contributed by atoms with van der Waals surface area (Å²) in [6.45, 7) is 3.26. The summed E-state index contributed by atoms with van der Waals surface area (Å²) < 4.78 is 6.36. The molecule has 0 amide bonds. The normalized spacial score (nSPS) is 19.4. The van der Waals surface area contributed by atoms with Gasteiger partial charge in [0.05, 0.1) is 6.04 Å². The summed E-state index contributed by atoms with van der Waals surface area (Å²) in [5.41, 5.74) is 0. The van der Waals surface area contributed by atoms with E-state index in [1.54, 1.807) is 0 Å². The van der Waals surface area contributed by atoms with Crippen LogP contribution in [0.15, 0.2) is 21.2 Å². The molecule has 96 valence electrons. The van der Waals surface area contributed by atoms with Crippen molar-refractivity contribution in [2.45, 2.75) is 51.5 Å². The van der Waals surface area contributed by atoms with Crippen molar-refractivity contribution in [1.82, 2.24) is 5.32 Å². The van der Waals surface area contributed by atoms with E-state index in [1.807, 2.05) is 12.1 Å². The first kappa shape index (κ1) is 13.2. The van der Waals surface area contributed by atoms with E-state index in [-0.39, 0.29) is 0 Å². The molecule has 17 heavy (non-hydrogen) atoms. The van der Waals surface area contributed by atoms with Gasteiger partial charge < -0.3 is 9.73 Å². The van der Waals surface area contributed by atoms with Gasteiger partial charge in [0.15, 0.2) is 4.67 Å². The van der Waals surface area contributed by atoms with Crippen LogP contribution >= 0.6 is 15.9 Å². The Morgan fingerprint density at radius 1 is 1.35 bits per heavy atom. The number of hydrogen-bond donors (Lipinski definition) is 1. The van der Waals surface area contributed by atoms with Crippen LogP contribution in [0.25, 0.3) is 0 Å². The van der Waals surface area contributed by atoms with Crippen molar-refractivity contribution in [3.63, 3.8) is 0 Å². The van der Waals surface area contributed by atoms with Crippen LogP contribution in [-0.4, -0.2) is 6.54 Å². The van der Waals surface area contributed by atoms with Gasteiger partial charge in [-0.05, 0) is 53.9 Å². The summed E-state index contributed by atoms with van der Waals surface area (Å²) >= 11 is 3.34. The lowest BCUT2D eigenvalue weighted by Crippen LogP contribution is -2.22. The van der Waals surface area contributed by atoms with E-state index in [0.29, 0.717) is 6.04 Å². The van der Waals surface area contributed by atoms with Crippen LogP contribution in [-0.2, 0) is 0 Å². The molecule has 1 unspecified atom stereocenters. The standard InChI is InChI=1S/C14H22BrNO/c1-11(13-7-8-14(15)17-13)16-10-9-12-5-3-2-4-6-12/h7-8,11-12,16H,2-6,9-10H2,1H3. The highest BCUT2D eigenvalue weighted by Crippen LogP contribution is 2.26. The first-order chi connectivity index (χ1) is 8.25. The van der Waals surface area contributed by atoms with E-state index in [0.717, 1.165) is 22.9 Å². The lowest BCUT2D eigenvalue weighted by molar-refractivity contribution is 0.323. The first-order valence-corrected chi connectivity index (χ1v) is 7.53. The first-order valence-electron chi connectivity index (χ1n) is 6.74. The van der Waals surface area contributed by atoms with Crippen molar-refractivity contribution in [2.75, 3.05) is 6.54 Å². The Balaban J connectivity index is 1.67. The highest BCUT2D eigenvalue weighted by molar-refractivity contribution is 9.10. The Kier molecular flexibility index (Phi) is 5.11. The molecular weight excluding hydrogens is 278 g/mol. The second-order valence-electron chi connectivity index (χ2n) is 5.11. The summed E-state index contributed by atoms with van der Waals surface area (Å²) in [7, 11) is 0. The lowest BCUT2D eigenvalue weighted by Gasteiger charge is -2.22. The third kappa shape index (κ3) is 4.14. The molecule has 0 aromatic carbocycles. The van der Waals surface area contributed by atoms with Gasteiger partial charge in [-0.15, -0.1) is 0 Å². The second kappa shape index (κ2) is 6.60. The third-order valence-corrected chi connectivity index (χ3v) is 4.17. The van der Waals surface area contributed by atoms with Gasteiger partial charge in [-0.25, -0.2) is 0 Å². The molecule has 1 aromatic rings. The summed E-state index contributed by atoms with van der Waals surface area (Å²) in [6, 6.07) is 4.29. The third-order valence-electron chi connectivity index (χ3n) is 3.75. The molecular formula is C14H22BrNO. The summed E-state index contributed by atoms with van der Waals surface area (Å²) in [4.78, 5) is 0. The number of furan rings is 1. The highest BCUT2D eigenvalue weighted by atomic mass is 79.9. The molecule has 1 fully saturated rings. The SMILES string of the molecule is CC(NCCC1CCCCC1)c1ccc(Br)o1. The van der Waals surface area contributed by atoms with Crippen molar-refractivity contribution in [1.29, 1.82) is 0 Å². The van der Waals surface area contributed by atoms with Gasteiger partial charge in [0.25, 0.3) is 0 Å². The van der Waals surface area contributed by atoms with E-state index in [1.165, 1.54) is 38.5 Å². The van der Waals surface area contributed by atoms with E-state index >= 15 is 0 Å². The van der Waals surface area contributed by atoms with Crippen molar-refractivity contribution in [3.8, 4) is 0 Å². The molecule has 1 atom stereocenters. The Hall–Kier alpha value is -0.280. The van der Waals surface area contributed by atoms with Crippen LogP contribution < -0.4 is 5.32 Å². The molecule has 1 saturated carbocycles. The van der Waals surface area contributed by atoms with Crippen molar-refractivity contribution in [3.05, 3.63) is 22.6 Å². The number of hydrogen-bond acceptors (Lipinski definition) is 2. The minimum Gasteiger partial charge on any atom is -0.453 e. The number of halogens is 1. The van der Waals surface area contributed by atoms with E-state index in [4.69, 9.17) is 4.42 Å². The summed E-state index contributed by atoms with van der Waals surface area (Å²) in [5.74, 6) is 1.97. The largest absolute Gasteiger partial charge is 0.453 e. The fourth-order valence-electron chi connectivity index (χ4n) is 2.64. The number of rotatable bonds is 5. The second-order valence-corrected chi connectivity index (χ2v) is 5.89. The van der Waals surface area contributed by atoms with Crippen LogP contribution in [0.5, 0.6) is 0 Å². The zero-order valence-corrected chi connectivity index (χ0v) is 12.1. The van der Waals surface area contributed by atoms with Gasteiger partial charge in [0, 0.05) is 0 Å². The molecule has 2 rings (SSSR count). The quantitative estimate of drug-likeness (QED) is 0.855. The molecule has 1 heterocycles. The fourth-order valence-corrected chi connectivity index (χ4v) is 2.96. The fraction of sp³-hybridized carbons (Fsp3) is 0.714. The Bertz CT molecular complexity index is 331. The topological polar surface area (TPSA) is 25.2 Å². The van der Waals surface area contributed by atoms with Gasteiger partial charge in [0.1, 0.15) is 5.76 Å². The van der Waals surface area contributed by atoms with Crippen molar-refractivity contribution < 1.29 is 4.42 Å². The molecule has 0 bridgehead atoms. The van der Waals surface area contributed by atoms with Gasteiger partial charge in [0.2, 0.25) is 0 Å². The van der Waals surface area contributed by atoms with Gasteiger partial charge in [-0.1, -0.05) is 32.1 Å². The minimum absolute atomic E-state index is 0.310. The zero-order valence-electron chi connectivity index (χ0n) is 10.5. The van der Waals surface area contributed by atoms with Crippen LogP contribution in [0.2, 0.25) is 0 Å². The maximum atomic E-state index is 5.54. The molecule has 1 aliphatic rings. The number of nitrogens with one attached hydrogen (secondary N) is 1. The average Bonchev–Trinajstić information content (AvgIpc) is 2.77. The molecule has 1 N–H and O–H groups in total. The molecule has 0 saturated heterocycles. The van der Waals surface area contributed by atoms with E-state index in [2.05, 4.69) is 28.2 Å². The molecule has 0 spiro atoms. The lowest BCUT2D eigenvalue weighted by atomic mass is 9.87. The maximum absolute atomic E-state index is 5.54. The Morgan fingerprint density at radius 3 is 2.76 bits per heavy atom. The van der Waals surface area contributed by atoms with Gasteiger partial charge in [-0.2, -0.15) is 0 Å². The smallest absolute Gasteiger partial charge is 0.169 e. The minimum atomic E-state index is 0.310. The summed E-state index contributed by atoms with van der Waals surface area (Å²) in [5, 5.41) is 3.54. The zero-order chi connectivity index (χ0) is 12.1. The van der Waals surface area contributed by atoms with Crippen molar-refractivity contribution >= 4 is 15.9 Å². The molecule has 0 aliphatic heterocycles.